The van der Waals surface area contributed by atoms with Crippen molar-refractivity contribution in [1.82, 2.24) is 0 Å². The molecule has 0 amide bonds. The molecule has 0 aromatic heterocycles. The van der Waals surface area contributed by atoms with Crippen LogP contribution in [0, 0.1) is 0 Å². The summed E-state index contributed by atoms with van der Waals surface area (Å²) < 4.78 is 9.46. The van der Waals surface area contributed by atoms with E-state index >= 15 is 0 Å². The second-order valence-corrected chi connectivity index (χ2v) is 2.06. The van der Waals surface area contributed by atoms with E-state index in [9.17, 15) is 0 Å². The molecule has 0 bridgehead atoms. The number of rotatable bonds is 0. The fourth-order valence-corrected chi connectivity index (χ4v) is 0.661. The predicted octanol–water partition coefficient (Wildman–Crippen LogP) is -0.942. The normalized spacial score (nSPS) is 45.0. The molecule has 9 heavy (non-hydrogen) atoms. The SMILES string of the molecule is C[C@H]1CO[C@@H](O)[C@H](O)O1. The minimum atomic E-state index is -1.19. The zero-order valence-electron chi connectivity index (χ0n) is 5.15. The van der Waals surface area contributed by atoms with Gasteiger partial charge in [-0.3, -0.25) is 0 Å². The van der Waals surface area contributed by atoms with Gasteiger partial charge >= 0.3 is 0 Å². The number of hydrogen-bond acceptors (Lipinski definition) is 4. The first-order chi connectivity index (χ1) is 4.20. The average Bonchev–Trinajstić information content (AvgIpc) is 1.80. The van der Waals surface area contributed by atoms with Crippen molar-refractivity contribution in [1.29, 1.82) is 0 Å². The third kappa shape index (κ3) is 1.62. The molecule has 0 saturated carbocycles. The number of aliphatic hydroxyl groups excluding tert-OH is 2. The van der Waals surface area contributed by atoms with Crippen LogP contribution in [0.25, 0.3) is 0 Å². The fraction of sp³-hybridized carbons (Fsp3) is 1.00. The van der Waals surface area contributed by atoms with Crippen LogP contribution >= 0.6 is 0 Å². The van der Waals surface area contributed by atoms with Gasteiger partial charge in [0.25, 0.3) is 0 Å². The van der Waals surface area contributed by atoms with Crippen molar-refractivity contribution in [3.8, 4) is 0 Å². The number of ether oxygens (including phenoxy) is 2. The summed E-state index contributed by atoms with van der Waals surface area (Å²) in [6.45, 7) is 2.09. The van der Waals surface area contributed by atoms with E-state index in [1.165, 1.54) is 0 Å². The molecule has 0 radical (unpaired) electrons. The van der Waals surface area contributed by atoms with Crippen molar-refractivity contribution in [2.75, 3.05) is 6.61 Å². The van der Waals surface area contributed by atoms with Crippen molar-refractivity contribution >= 4 is 0 Å². The molecule has 0 unspecified atom stereocenters. The first kappa shape index (κ1) is 6.95. The van der Waals surface area contributed by atoms with Crippen LogP contribution in [-0.2, 0) is 9.47 Å². The van der Waals surface area contributed by atoms with Gasteiger partial charge in [-0.1, -0.05) is 0 Å². The van der Waals surface area contributed by atoms with Crippen LogP contribution in [0.5, 0.6) is 0 Å². The van der Waals surface area contributed by atoms with Gasteiger partial charge in [0, 0.05) is 0 Å². The Hall–Kier alpha value is -0.160. The smallest absolute Gasteiger partial charge is 0.207 e. The molecule has 3 atom stereocenters. The molecule has 1 aliphatic rings. The Balaban J connectivity index is 2.35. The zero-order valence-corrected chi connectivity index (χ0v) is 5.15. The minimum absolute atomic E-state index is 0.136. The zero-order chi connectivity index (χ0) is 6.85. The summed E-state index contributed by atoms with van der Waals surface area (Å²) in [6, 6.07) is 0. The van der Waals surface area contributed by atoms with Crippen molar-refractivity contribution in [2.24, 2.45) is 0 Å². The van der Waals surface area contributed by atoms with Gasteiger partial charge in [0.15, 0.2) is 0 Å². The standard InChI is InChI=1S/C5H10O4/c1-3-2-8-4(6)5(7)9-3/h3-7H,2H2,1H3/t3-,4+,5+/m0/s1. The van der Waals surface area contributed by atoms with Crippen LogP contribution in [0.4, 0.5) is 0 Å². The lowest BCUT2D eigenvalue weighted by molar-refractivity contribution is -0.311. The highest BCUT2D eigenvalue weighted by Gasteiger charge is 2.25. The van der Waals surface area contributed by atoms with Crippen molar-refractivity contribution in [3.05, 3.63) is 0 Å². The molecule has 4 nitrogen and oxygen atoms in total. The van der Waals surface area contributed by atoms with E-state index in [-0.39, 0.29) is 6.10 Å². The first-order valence-electron chi connectivity index (χ1n) is 2.83. The average molecular weight is 134 g/mol. The van der Waals surface area contributed by atoms with Crippen LogP contribution in [0.2, 0.25) is 0 Å². The maximum absolute atomic E-state index is 8.75. The molecule has 0 spiro atoms. The Kier molecular flexibility index (Phi) is 2.02. The Labute approximate surface area is 53.0 Å². The summed E-state index contributed by atoms with van der Waals surface area (Å²) in [6.07, 6.45) is -2.50. The molecule has 0 aliphatic carbocycles. The lowest BCUT2D eigenvalue weighted by Gasteiger charge is -2.28. The molecule has 2 N–H and O–H groups in total. The quantitative estimate of drug-likeness (QED) is 0.449. The van der Waals surface area contributed by atoms with Crippen molar-refractivity contribution in [2.45, 2.75) is 25.6 Å². The molecule has 54 valence electrons. The first-order valence-corrected chi connectivity index (χ1v) is 2.83. The van der Waals surface area contributed by atoms with E-state index in [1.807, 2.05) is 0 Å². The maximum atomic E-state index is 8.75. The van der Waals surface area contributed by atoms with E-state index < -0.39 is 12.6 Å². The molecule has 1 aliphatic heterocycles. The number of aliphatic hydroxyl groups is 2. The van der Waals surface area contributed by atoms with Gasteiger partial charge in [-0.2, -0.15) is 0 Å². The van der Waals surface area contributed by atoms with Crippen LogP contribution < -0.4 is 0 Å². The second kappa shape index (κ2) is 2.62. The van der Waals surface area contributed by atoms with Gasteiger partial charge in [-0.25, -0.2) is 0 Å². The van der Waals surface area contributed by atoms with Gasteiger partial charge < -0.3 is 19.7 Å². The molecule has 1 heterocycles. The fourth-order valence-electron chi connectivity index (χ4n) is 0.661. The summed E-state index contributed by atoms with van der Waals surface area (Å²) in [4.78, 5) is 0. The molecule has 4 heteroatoms. The van der Waals surface area contributed by atoms with Gasteiger partial charge in [0.1, 0.15) is 0 Å². The van der Waals surface area contributed by atoms with E-state index in [0.717, 1.165) is 0 Å². The van der Waals surface area contributed by atoms with Crippen molar-refractivity contribution < 1.29 is 19.7 Å². The Morgan fingerprint density at radius 2 is 2.00 bits per heavy atom. The molecule has 0 aromatic carbocycles. The van der Waals surface area contributed by atoms with E-state index in [1.54, 1.807) is 6.92 Å². The Morgan fingerprint density at radius 1 is 1.33 bits per heavy atom. The molecule has 0 aromatic rings. The van der Waals surface area contributed by atoms with Gasteiger partial charge in [-0.15, -0.1) is 0 Å². The molecule has 1 saturated heterocycles. The Morgan fingerprint density at radius 3 is 2.44 bits per heavy atom. The lowest BCUT2D eigenvalue weighted by atomic mass is 10.4. The highest BCUT2D eigenvalue weighted by Crippen LogP contribution is 2.09. The summed E-state index contributed by atoms with van der Waals surface area (Å²) in [5.74, 6) is 0. The van der Waals surface area contributed by atoms with E-state index in [2.05, 4.69) is 4.74 Å². The molecular formula is C5H10O4. The lowest BCUT2D eigenvalue weighted by Crippen LogP contribution is -2.42. The Bertz CT molecular complexity index is 95.0. The predicted molar refractivity (Wildman–Crippen MR) is 28.5 cm³/mol. The summed E-state index contributed by atoms with van der Waals surface area (Å²) in [7, 11) is 0. The van der Waals surface area contributed by atoms with Gasteiger partial charge in [0.05, 0.1) is 12.7 Å². The monoisotopic (exact) mass is 134 g/mol. The third-order valence-corrected chi connectivity index (χ3v) is 1.12. The van der Waals surface area contributed by atoms with Gasteiger partial charge in [0.2, 0.25) is 12.6 Å². The van der Waals surface area contributed by atoms with Crippen LogP contribution in [-0.4, -0.2) is 35.5 Å². The highest BCUT2D eigenvalue weighted by atomic mass is 16.7. The number of hydrogen-bond donors (Lipinski definition) is 2. The van der Waals surface area contributed by atoms with Crippen molar-refractivity contribution in [3.63, 3.8) is 0 Å². The largest absolute Gasteiger partial charge is 0.364 e. The second-order valence-electron chi connectivity index (χ2n) is 2.06. The van der Waals surface area contributed by atoms with Crippen LogP contribution in [0.15, 0.2) is 0 Å². The van der Waals surface area contributed by atoms with E-state index in [0.29, 0.717) is 6.61 Å². The van der Waals surface area contributed by atoms with Gasteiger partial charge in [-0.05, 0) is 6.92 Å². The topological polar surface area (TPSA) is 58.9 Å². The summed E-state index contributed by atoms with van der Waals surface area (Å²) in [5.41, 5.74) is 0. The van der Waals surface area contributed by atoms with E-state index in [4.69, 9.17) is 14.9 Å². The van der Waals surface area contributed by atoms with Crippen LogP contribution in [0.3, 0.4) is 0 Å². The van der Waals surface area contributed by atoms with Crippen LogP contribution in [0.1, 0.15) is 6.92 Å². The molecular weight excluding hydrogens is 124 g/mol. The molecule has 1 rings (SSSR count). The third-order valence-electron chi connectivity index (χ3n) is 1.12. The minimum Gasteiger partial charge on any atom is -0.364 e. The highest BCUT2D eigenvalue weighted by molar-refractivity contribution is 4.58. The maximum Gasteiger partial charge on any atom is 0.207 e. The molecule has 1 fully saturated rings. The summed E-state index contributed by atoms with van der Waals surface area (Å²) in [5, 5.41) is 17.4. The summed E-state index contributed by atoms with van der Waals surface area (Å²) >= 11 is 0.